The van der Waals surface area contributed by atoms with E-state index in [-0.39, 0.29) is 12.5 Å². The van der Waals surface area contributed by atoms with Crippen LogP contribution in [-0.2, 0) is 17.8 Å². The number of carbonyl (C=O) groups is 1. The van der Waals surface area contributed by atoms with E-state index in [1.807, 2.05) is 0 Å². The Labute approximate surface area is 153 Å². The Morgan fingerprint density at radius 3 is 2.80 bits per heavy atom. The van der Waals surface area contributed by atoms with Crippen molar-refractivity contribution < 1.29 is 9.21 Å². The molecule has 4 rings (SSSR count). The quantitative estimate of drug-likeness (QED) is 0.742. The highest BCUT2D eigenvalue weighted by molar-refractivity contribution is 6.45. The van der Waals surface area contributed by atoms with Crippen molar-refractivity contribution in [2.75, 3.05) is 13.1 Å². The van der Waals surface area contributed by atoms with Gasteiger partial charge in [-0.1, -0.05) is 23.2 Å². The van der Waals surface area contributed by atoms with Gasteiger partial charge in [0.05, 0.1) is 18.1 Å². The lowest BCUT2D eigenvalue weighted by atomic mass is 9.96. The summed E-state index contributed by atoms with van der Waals surface area (Å²) in [6.45, 7) is 0.941. The second-order valence-corrected chi connectivity index (χ2v) is 6.61. The number of carbonyl (C=O) groups excluding carboxylic acids is 1. The molecule has 0 atom stereocenters. The number of furan rings is 1. The van der Waals surface area contributed by atoms with E-state index in [1.165, 1.54) is 6.33 Å². The molecule has 0 spiro atoms. The van der Waals surface area contributed by atoms with Crippen LogP contribution >= 0.6 is 23.2 Å². The van der Waals surface area contributed by atoms with Crippen molar-refractivity contribution in [2.24, 2.45) is 5.73 Å². The predicted molar refractivity (Wildman–Crippen MR) is 95.4 cm³/mol. The summed E-state index contributed by atoms with van der Waals surface area (Å²) in [5.74, 6) is 0.609. The molecule has 6 nitrogen and oxygen atoms in total. The number of aromatic nitrogens is 2. The molecule has 2 aromatic heterocycles. The fourth-order valence-corrected chi connectivity index (χ4v) is 3.60. The van der Waals surface area contributed by atoms with E-state index in [9.17, 15) is 4.79 Å². The van der Waals surface area contributed by atoms with Crippen LogP contribution in [0.1, 0.15) is 11.3 Å². The molecule has 0 bridgehead atoms. The first-order valence-corrected chi connectivity index (χ1v) is 8.51. The number of rotatable bonds is 2. The van der Waals surface area contributed by atoms with Gasteiger partial charge in [-0.15, -0.1) is 0 Å². The molecule has 2 N–H and O–H groups in total. The Morgan fingerprint density at radius 1 is 1.32 bits per heavy atom. The minimum absolute atomic E-state index is 0.0191. The van der Waals surface area contributed by atoms with E-state index < -0.39 is 0 Å². The monoisotopic (exact) mass is 376 g/mol. The maximum atomic E-state index is 11.9. The molecule has 0 saturated heterocycles. The number of amides is 1. The summed E-state index contributed by atoms with van der Waals surface area (Å²) < 4.78 is 6.00. The molecule has 0 unspecified atom stereocenters. The van der Waals surface area contributed by atoms with Crippen molar-refractivity contribution in [3.8, 4) is 11.1 Å². The summed E-state index contributed by atoms with van der Waals surface area (Å²) >= 11 is 12.7. The van der Waals surface area contributed by atoms with Crippen LogP contribution in [0.25, 0.3) is 22.1 Å². The van der Waals surface area contributed by atoms with E-state index in [2.05, 4.69) is 9.97 Å². The molecule has 8 heteroatoms. The van der Waals surface area contributed by atoms with Crippen LogP contribution in [0.5, 0.6) is 0 Å². The van der Waals surface area contributed by atoms with Gasteiger partial charge in [0, 0.05) is 35.5 Å². The van der Waals surface area contributed by atoms with Crippen LogP contribution in [0.2, 0.25) is 10.0 Å². The van der Waals surface area contributed by atoms with Gasteiger partial charge in [-0.3, -0.25) is 4.79 Å². The molecule has 0 saturated carbocycles. The number of halogens is 2. The molecular formula is C17H14Cl2N4O2. The van der Waals surface area contributed by atoms with Crippen molar-refractivity contribution in [1.29, 1.82) is 0 Å². The predicted octanol–water partition coefficient (Wildman–Crippen LogP) is 3.04. The minimum atomic E-state index is -0.105. The summed E-state index contributed by atoms with van der Waals surface area (Å²) in [7, 11) is 0. The normalized spacial score (nSPS) is 14.0. The van der Waals surface area contributed by atoms with Gasteiger partial charge in [-0.2, -0.15) is 0 Å². The molecular weight excluding hydrogens is 363 g/mol. The smallest absolute Gasteiger partial charge is 0.236 e. The molecule has 3 heterocycles. The summed E-state index contributed by atoms with van der Waals surface area (Å²) in [6.07, 6.45) is 5.57. The average Bonchev–Trinajstić information content (AvgIpc) is 3.03. The summed E-state index contributed by atoms with van der Waals surface area (Å²) in [4.78, 5) is 21.7. The van der Waals surface area contributed by atoms with Crippen LogP contribution in [0, 0.1) is 0 Å². The van der Waals surface area contributed by atoms with Gasteiger partial charge in [0.2, 0.25) is 5.91 Å². The van der Waals surface area contributed by atoms with Crippen molar-refractivity contribution in [3.63, 3.8) is 0 Å². The minimum Gasteiger partial charge on any atom is -0.457 e. The lowest BCUT2D eigenvalue weighted by Gasteiger charge is -2.25. The number of hydrogen-bond donors (Lipinski definition) is 1. The third kappa shape index (κ3) is 2.66. The molecule has 3 aromatic rings. The van der Waals surface area contributed by atoms with Gasteiger partial charge < -0.3 is 15.1 Å². The first-order valence-electron chi connectivity index (χ1n) is 7.75. The van der Waals surface area contributed by atoms with E-state index in [4.69, 9.17) is 33.4 Å². The van der Waals surface area contributed by atoms with Crippen molar-refractivity contribution in [2.45, 2.75) is 13.0 Å². The van der Waals surface area contributed by atoms with Crippen LogP contribution in [-0.4, -0.2) is 33.9 Å². The highest BCUT2D eigenvalue weighted by Gasteiger charge is 2.28. The fourth-order valence-electron chi connectivity index (χ4n) is 3.22. The Hall–Kier alpha value is -2.15. The van der Waals surface area contributed by atoms with Crippen LogP contribution in [0.15, 0.2) is 29.2 Å². The lowest BCUT2D eigenvalue weighted by molar-refractivity contribution is -0.130. The van der Waals surface area contributed by atoms with Gasteiger partial charge >= 0.3 is 0 Å². The van der Waals surface area contributed by atoms with Crippen molar-refractivity contribution in [3.05, 3.63) is 46.2 Å². The van der Waals surface area contributed by atoms with E-state index >= 15 is 0 Å². The number of benzene rings is 1. The van der Waals surface area contributed by atoms with Crippen LogP contribution < -0.4 is 5.73 Å². The highest BCUT2D eigenvalue weighted by Crippen LogP contribution is 2.43. The highest BCUT2D eigenvalue weighted by atomic mass is 35.5. The second kappa shape index (κ2) is 6.29. The van der Waals surface area contributed by atoms with Gasteiger partial charge in [-0.25, -0.2) is 9.97 Å². The number of hydrogen-bond acceptors (Lipinski definition) is 5. The van der Waals surface area contributed by atoms with Crippen LogP contribution in [0.3, 0.4) is 0 Å². The average molecular weight is 377 g/mol. The Bertz CT molecular complexity index is 972. The van der Waals surface area contributed by atoms with E-state index in [0.717, 1.165) is 22.1 Å². The largest absolute Gasteiger partial charge is 0.457 e. The number of nitrogens with zero attached hydrogens (tertiary/aromatic N) is 3. The number of nitrogens with two attached hydrogens (primary N) is 1. The molecule has 25 heavy (non-hydrogen) atoms. The first kappa shape index (κ1) is 16.3. The molecule has 1 aliphatic heterocycles. The van der Waals surface area contributed by atoms with Crippen molar-refractivity contribution in [1.82, 2.24) is 14.9 Å². The number of fused-ring (bicyclic) bond motifs is 3. The third-order valence-electron chi connectivity index (χ3n) is 4.41. The zero-order valence-electron chi connectivity index (χ0n) is 13.1. The molecule has 1 amide bonds. The van der Waals surface area contributed by atoms with Gasteiger partial charge in [0.1, 0.15) is 17.1 Å². The molecule has 1 aromatic carbocycles. The Morgan fingerprint density at radius 2 is 2.08 bits per heavy atom. The zero-order chi connectivity index (χ0) is 17.6. The molecule has 1 aliphatic rings. The third-order valence-corrected chi connectivity index (χ3v) is 5.18. The molecule has 0 radical (unpaired) electrons. The summed E-state index contributed by atoms with van der Waals surface area (Å²) in [6, 6.07) is 1.80. The Kier molecular flexibility index (Phi) is 4.11. The first-order chi connectivity index (χ1) is 12.1. The van der Waals surface area contributed by atoms with E-state index in [0.29, 0.717) is 40.9 Å². The standard InChI is InChI=1S/C17H14Cl2N4O2/c18-12-3-11(9-5-21-8-22-6-9)15-10-1-2-23(14(24)4-20)7-13(10)25-17(15)16(12)19/h3,5-6,8H,1-2,4,7,20H2. The second-order valence-electron chi connectivity index (χ2n) is 5.82. The molecule has 0 fully saturated rings. The van der Waals surface area contributed by atoms with Gasteiger partial charge in [-0.05, 0) is 18.1 Å². The maximum absolute atomic E-state index is 11.9. The topological polar surface area (TPSA) is 85.3 Å². The van der Waals surface area contributed by atoms with Gasteiger partial charge in [0.25, 0.3) is 0 Å². The molecule has 128 valence electrons. The fraction of sp³-hybridized carbons (Fsp3) is 0.235. The van der Waals surface area contributed by atoms with E-state index in [1.54, 1.807) is 23.4 Å². The SMILES string of the molecule is NCC(=O)N1CCc2c(oc3c(Cl)c(Cl)cc(-c4cncnc4)c23)C1. The Balaban J connectivity index is 1.93. The van der Waals surface area contributed by atoms with Gasteiger partial charge in [0.15, 0.2) is 5.58 Å². The van der Waals surface area contributed by atoms with Crippen LogP contribution in [0.4, 0.5) is 0 Å². The zero-order valence-corrected chi connectivity index (χ0v) is 14.6. The maximum Gasteiger partial charge on any atom is 0.236 e. The summed E-state index contributed by atoms with van der Waals surface area (Å²) in [5, 5.41) is 1.66. The molecule has 0 aliphatic carbocycles. The summed E-state index contributed by atoms with van der Waals surface area (Å²) in [5.41, 5.74) is 8.73. The van der Waals surface area contributed by atoms with Crippen molar-refractivity contribution >= 4 is 40.1 Å². The lowest BCUT2D eigenvalue weighted by Crippen LogP contribution is -2.39.